The van der Waals surface area contributed by atoms with E-state index in [2.05, 4.69) is 10.2 Å². The molecule has 26 heavy (non-hydrogen) atoms. The number of likely N-dealkylation sites (tertiary alicyclic amines) is 1. The summed E-state index contributed by atoms with van der Waals surface area (Å²) in [6, 6.07) is 4.06. The molecule has 2 saturated carbocycles. The van der Waals surface area contributed by atoms with E-state index in [4.69, 9.17) is 0 Å². The summed E-state index contributed by atoms with van der Waals surface area (Å²) in [5, 5.41) is 3.14. The maximum atomic E-state index is 13.0. The molecule has 3 nitrogen and oxygen atoms in total. The van der Waals surface area contributed by atoms with Crippen LogP contribution in [0.3, 0.4) is 0 Å². The molecule has 2 atom stereocenters. The number of amides is 1. The molecule has 1 N–H and O–H groups in total. The minimum absolute atomic E-state index is 0.0935. The van der Waals surface area contributed by atoms with Gasteiger partial charge in [0.1, 0.15) is 0 Å². The second kappa shape index (κ2) is 6.87. The molecular weight excluding hydrogens is 341 g/mol. The lowest BCUT2D eigenvalue weighted by Crippen LogP contribution is -2.47. The van der Waals surface area contributed by atoms with Crippen molar-refractivity contribution in [3.63, 3.8) is 0 Å². The molecule has 0 radical (unpaired) electrons. The molecule has 1 heterocycles. The first-order valence-electron chi connectivity index (χ1n) is 9.69. The van der Waals surface area contributed by atoms with Crippen LogP contribution in [0, 0.1) is 0 Å². The van der Waals surface area contributed by atoms with Gasteiger partial charge in [0.2, 0.25) is 0 Å². The van der Waals surface area contributed by atoms with Gasteiger partial charge in [-0.05, 0) is 87.7 Å². The number of hydrogen-bond acceptors (Lipinski definition) is 2. The molecule has 3 aliphatic rings. The minimum Gasteiger partial charge on any atom is -0.348 e. The summed E-state index contributed by atoms with van der Waals surface area (Å²) in [4.78, 5) is 15.3. The Hall–Kier alpha value is -1.56. The van der Waals surface area contributed by atoms with E-state index in [9.17, 15) is 18.0 Å². The van der Waals surface area contributed by atoms with Crippen molar-refractivity contribution in [1.29, 1.82) is 0 Å². The molecule has 0 bridgehead atoms. The smallest absolute Gasteiger partial charge is 0.348 e. The Morgan fingerprint density at radius 1 is 1.04 bits per heavy atom. The lowest BCUT2D eigenvalue weighted by molar-refractivity contribution is -0.137. The molecule has 0 aromatic heterocycles. The van der Waals surface area contributed by atoms with Crippen molar-refractivity contribution < 1.29 is 18.0 Å². The van der Waals surface area contributed by atoms with Gasteiger partial charge < -0.3 is 5.32 Å². The van der Waals surface area contributed by atoms with Crippen LogP contribution in [-0.2, 0) is 6.18 Å². The van der Waals surface area contributed by atoms with E-state index < -0.39 is 11.7 Å². The van der Waals surface area contributed by atoms with E-state index in [1.165, 1.54) is 25.0 Å². The van der Waals surface area contributed by atoms with Gasteiger partial charge in [-0.25, -0.2) is 0 Å². The Morgan fingerprint density at radius 3 is 2.42 bits per heavy atom. The van der Waals surface area contributed by atoms with Gasteiger partial charge in [0.25, 0.3) is 5.91 Å². The van der Waals surface area contributed by atoms with Crippen LogP contribution in [-0.4, -0.2) is 36.0 Å². The van der Waals surface area contributed by atoms with Crippen molar-refractivity contribution in [2.24, 2.45) is 0 Å². The fourth-order valence-corrected chi connectivity index (χ4v) is 4.54. The molecule has 4 rings (SSSR count). The lowest BCUT2D eigenvalue weighted by atomic mass is 9.98. The van der Waals surface area contributed by atoms with E-state index in [1.807, 2.05) is 0 Å². The van der Waals surface area contributed by atoms with Crippen molar-refractivity contribution in [2.45, 2.75) is 69.1 Å². The minimum atomic E-state index is -4.37. The molecule has 0 spiro atoms. The number of nitrogens with one attached hydrogen (secondary N) is 1. The largest absolute Gasteiger partial charge is 0.416 e. The standard InChI is InChI=1S/C20H25F3N2O/c21-20(22,23)14-8-9-15(16(12-14)13-6-7-13)19(26)24-17-4-3-5-18(17)25-10-1-2-11-25/h8-9,12-13,17-18H,1-7,10-11H2,(H,24,26)/t17-,18+/m0/s1. The van der Waals surface area contributed by atoms with Crippen molar-refractivity contribution >= 4 is 5.91 Å². The third-order valence-corrected chi connectivity index (χ3v) is 6.05. The van der Waals surface area contributed by atoms with Crippen molar-refractivity contribution in [1.82, 2.24) is 10.2 Å². The van der Waals surface area contributed by atoms with Gasteiger partial charge in [-0.2, -0.15) is 13.2 Å². The number of benzene rings is 1. The number of carbonyl (C=O) groups is 1. The van der Waals surface area contributed by atoms with E-state index >= 15 is 0 Å². The SMILES string of the molecule is O=C(N[C@H]1CCC[C@H]1N1CCCC1)c1ccc(C(F)(F)F)cc1C1CC1. The van der Waals surface area contributed by atoms with Gasteiger partial charge in [0.15, 0.2) is 0 Å². The summed E-state index contributed by atoms with van der Waals surface area (Å²) in [5.74, 6) is -0.118. The molecule has 6 heteroatoms. The molecule has 3 fully saturated rings. The fraction of sp³-hybridized carbons (Fsp3) is 0.650. The average molecular weight is 366 g/mol. The molecule has 2 aliphatic carbocycles. The number of hydrogen-bond donors (Lipinski definition) is 1. The van der Waals surface area contributed by atoms with Crippen molar-refractivity contribution in [3.8, 4) is 0 Å². The Balaban J connectivity index is 1.52. The van der Waals surface area contributed by atoms with E-state index in [1.54, 1.807) is 0 Å². The quantitative estimate of drug-likeness (QED) is 0.860. The zero-order valence-electron chi connectivity index (χ0n) is 14.8. The molecule has 1 aliphatic heterocycles. The molecule has 1 saturated heterocycles. The van der Waals surface area contributed by atoms with Gasteiger partial charge in [0, 0.05) is 17.6 Å². The number of carbonyl (C=O) groups excluding carboxylic acids is 1. The summed E-state index contributed by atoms with van der Waals surface area (Å²) >= 11 is 0. The molecule has 0 unspecified atom stereocenters. The maximum Gasteiger partial charge on any atom is 0.416 e. The maximum absolute atomic E-state index is 13.0. The summed E-state index contributed by atoms with van der Waals surface area (Å²) in [6.45, 7) is 2.18. The molecule has 142 valence electrons. The summed E-state index contributed by atoms with van der Waals surface area (Å²) < 4.78 is 39.1. The predicted octanol–water partition coefficient (Wildman–Crippen LogP) is 4.33. The fourth-order valence-electron chi connectivity index (χ4n) is 4.54. The third kappa shape index (κ3) is 3.61. The summed E-state index contributed by atoms with van der Waals surface area (Å²) in [5.41, 5.74) is 0.326. The van der Waals surface area contributed by atoms with Gasteiger partial charge in [0.05, 0.1) is 5.56 Å². The lowest BCUT2D eigenvalue weighted by Gasteiger charge is -2.30. The topological polar surface area (TPSA) is 32.3 Å². The van der Waals surface area contributed by atoms with Gasteiger partial charge in [-0.1, -0.05) is 0 Å². The second-order valence-corrected chi connectivity index (χ2v) is 7.90. The van der Waals surface area contributed by atoms with Crippen LogP contribution in [0.15, 0.2) is 18.2 Å². The van der Waals surface area contributed by atoms with Crippen LogP contribution >= 0.6 is 0 Å². The Bertz CT molecular complexity index is 678. The van der Waals surface area contributed by atoms with Crippen LogP contribution < -0.4 is 5.32 Å². The third-order valence-electron chi connectivity index (χ3n) is 6.05. The molecule has 1 aromatic carbocycles. The highest BCUT2D eigenvalue weighted by atomic mass is 19.4. The van der Waals surface area contributed by atoms with E-state index in [0.717, 1.165) is 51.3 Å². The Labute approximate surface area is 151 Å². The summed E-state index contributed by atoms with van der Waals surface area (Å²) in [6.07, 6.45) is 2.91. The first-order valence-corrected chi connectivity index (χ1v) is 9.69. The van der Waals surface area contributed by atoms with Gasteiger partial charge in [-0.15, -0.1) is 0 Å². The molecule has 1 aromatic rings. The van der Waals surface area contributed by atoms with Crippen molar-refractivity contribution in [3.05, 3.63) is 34.9 Å². The van der Waals surface area contributed by atoms with Crippen LogP contribution in [0.2, 0.25) is 0 Å². The molecule has 1 amide bonds. The average Bonchev–Trinajstić information content (AvgIpc) is 3.11. The van der Waals surface area contributed by atoms with Crippen LogP contribution in [0.5, 0.6) is 0 Å². The van der Waals surface area contributed by atoms with Crippen molar-refractivity contribution in [2.75, 3.05) is 13.1 Å². The summed E-state index contributed by atoms with van der Waals surface area (Å²) in [7, 11) is 0. The highest BCUT2D eigenvalue weighted by Gasteiger charge is 2.37. The number of halogens is 3. The van der Waals surface area contributed by atoms with Crippen LogP contribution in [0.4, 0.5) is 13.2 Å². The predicted molar refractivity (Wildman–Crippen MR) is 93.1 cm³/mol. The van der Waals surface area contributed by atoms with Crippen LogP contribution in [0.1, 0.15) is 72.3 Å². The van der Waals surface area contributed by atoms with Gasteiger partial charge >= 0.3 is 6.18 Å². The molecular formula is C20H25F3N2O. The normalized spacial score (nSPS) is 27.0. The highest BCUT2D eigenvalue weighted by molar-refractivity contribution is 5.96. The highest BCUT2D eigenvalue weighted by Crippen LogP contribution is 2.43. The van der Waals surface area contributed by atoms with E-state index in [-0.39, 0.29) is 17.9 Å². The first kappa shape index (κ1) is 17.8. The zero-order valence-corrected chi connectivity index (χ0v) is 14.8. The number of rotatable bonds is 4. The van der Waals surface area contributed by atoms with E-state index in [0.29, 0.717) is 17.2 Å². The Morgan fingerprint density at radius 2 is 1.77 bits per heavy atom. The first-order chi connectivity index (χ1) is 12.4. The van der Waals surface area contributed by atoms with Crippen LogP contribution in [0.25, 0.3) is 0 Å². The second-order valence-electron chi connectivity index (χ2n) is 7.90. The van der Waals surface area contributed by atoms with Gasteiger partial charge in [-0.3, -0.25) is 9.69 Å². The Kier molecular flexibility index (Phi) is 4.71. The zero-order chi connectivity index (χ0) is 18.3. The number of alkyl halides is 3. The monoisotopic (exact) mass is 366 g/mol. The number of nitrogens with zero attached hydrogens (tertiary/aromatic N) is 1.